The maximum Gasteiger partial charge on any atom is 0.329 e. The smallest absolute Gasteiger partial charge is 0.329 e. The van der Waals surface area contributed by atoms with Gasteiger partial charge in [0, 0.05) is 12.1 Å². The lowest BCUT2D eigenvalue weighted by molar-refractivity contribution is -0.384. The van der Waals surface area contributed by atoms with Crippen LogP contribution in [-0.4, -0.2) is 46.9 Å². The van der Waals surface area contributed by atoms with Gasteiger partial charge in [-0.2, -0.15) is 11.8 Å². The molecule has 0 aliphatic carbocycles. The SMILES string of the molecule is CSCC[C@H](NC(=O)c1ccc([N+](=O)[O-])cc1Cl)C(=O)O[C@H](C)C(=O)NCc1ccco1. The molecule has 0 spiro atoms. The van der Waals surface area contributed by atoms with E-state index in [0.717, 1.165) is 12.1 Å². The van der Waals surface area contributed by atoms with Crippen LogP contribution in [0.1, 0.15) is 29.5 Å². The van der Waals surface area contributed by atoms with Crippen molar-refractivity contribution in [3.05, 3.63) is 63.1 Å². The zero-order valence-electron chi connectivity index (χ0n) is 17.3. The molecule has 2 N–H and O–H groups in total. The second-order valence-corrected chi connectivity index (χ2v) is 8.00. The molecule has 0 saturated heterocycles. The Morgan fingerprint density at radius 1 is 1.31 bits per heavy atom. The molecular weight excluding hydrogens is 462 g/mol. The Morgan fingerprint density at radius 3 is 2.66 bits per heavy atom. The van der Waals surface area contributed by atoms with Crippen LogP contribution in [0.15, 0.2) is 41.0 Å². The van der Waals surface area contributed by atoms with Crippen molar-refractivity contribution in [2.45, 2.75) is 32.0 Å². The van der Waals surface area contributed by atoms with Gasteiger partial charge in [-0.25, -0.2) is 4.79 Å². The van der Waals surface area contributed by atoms with Gasteiger partial charge in [0.25, 0.3) is 17.5 Å². The van der Waals surface area contributed by atoms with E-state index in [1.54, 1.807) is 12.1 Å². The molecule has 0 radical (unpaired) electrons. The van der Waals surface area contributed by atoms with Crippen molar-refractivity contribution in [2.75, 3.05) is 12.0 Å². The minimum Gasteiger partial charge on any atom is -0.467 e. The quantitative estimate of drug-likeness (QED) is 0.282. The molecule has 2 aromatic rings. The molecule has 2 atom stereocenters. The predicted molar refractivity (Wildman–Crippen MR) is 118 cm³/mol. The first-order valence-electron chi connectivity index (χ1n) is 9.47. The predicted octanol–water partition coefficient (Wildman–Crippen LogP) is 2.94. The minimum atomic E-state index is -1.10. The van der Waals surface area contributed by atoms with E-state index in [1.165, 1.54) is 31.0 Å². The number of furan rings is 1. The summed E-state index contributed by atoms with van der Waals surface area (Å²) in [6.45, 7) is 1.55. The lowest BCUT2D eigenvalue weighted by Gasteiger charge is -2.20. The summed E-state index contributed by atoms with van der Waals surface area (Å²) in [7, 11) is 0. The number of benzene rings is 1. The van der Waals surface area contributed by atoms with Crippen molar-refractivity contribution in [3.8, 4) is 0 Å². The van der Waals surface area contributed by atoms with Crippen molar-refractivity contribution >= 4 is 46.8 Å². The number of nitrogens with one attached hydrogen (secondary N) is 2. The van der Waals surface area contributed by atoms with Crippen molar-refractivity contribution in [1.29, 1.82) is 0 Å². The number of carbonyl (C=O) groups is 3. The number of hydrogen-bond donors (Lipinski definition) is 2. The Morgan fingerprint density at radius 2 is 2.06 bits per heavy atom. The highest BCUT2D eigenvalue weighted by Crippen LogP contribution is 2.22. The molecule has 10 nitrogen and oxygen atoms in total. The molecule has 32 heavy (non-hydrogen) atoms. The maximum atomic E-state index is 12.6. The number of nitrogens with zero attached hydrogens (tertiary/aromatic N) is 1. The lowest BCUT2D eigenvalue weighted by atomic mass is 10.1. The maximum absolute atomic E-state index is 12.6. The van der Waals surface area contributed by atoms with Crippen molar-refractivity contribution < 1.29 is 28.5 Å². The zero-order chi connectivity index (χ0) is 23.7. The van der Waals surface area contributed by atoms with E-state index in [9.17, 15) is 24.5 Å². The van der Waals surface area contributed by atoms with Crippen LogP contribution >= 0.6 is 23.4 Å². The van der Waals surface area contributed by atoms with Gasteiger partial charge in [0.15, 0.2) is 6.10 Å². The van der Waals surface area contributed by atoms with Gasteiger partial charge in [-0.05, 0) is 43.6 Å². The largest absolute Gasteiger partial charge is 0.467 e. The molecule has 1 heterocycles. The molecule has 0 aliphatic rings. The molecule has 1 aromatic heterocycles. The number of rotatable bonds is 11. The van der Waals surface area contributed by atoms with Crippen LogP contribution in [0.3, 0.4) is 0 Å². The first kappa shape index (κ1) is 25.2. The Balaban J connectivity index is 2.01. The lowest BCUT2D eigenvalue weighted by Crippen LogP contribution is -2.45. The first-order valence-corrected chi connectivity index (χ1v) is 11.2. The van der Waals surface area contributed by atoms with E-state index in [1.807, 2.05) is 6.26 Å². The Kier molecular flexibility index (Phi) is 9.54. The first-order chi connectivity index (χ1) is 15.2. The van der Waals surface area contributed by atoms with Crippen LogP contribution < -0.4 is 10.6 Å². The van der Waals surface area contributed by atoms with Crippen molar-refractivity contribution in [3.63, 3.8) is 0 Å². The van der Waals surface area contributed by atoms with Gasteiger partial charge in [-0.15, -0.1) is 0 Å². The van der Waals surface area contributed by atoms with Crippen LogP contribution in [-0.2, 0) is 20.9 Å². The zero-order valence-corrected chi connectivity index (χ0v) is 18.9. The average Bonchev–Trinajstić information content (AvgIpc) is 3.28. The highest BCUT2D eigenvalue weighted by molar-refractivity contribution is 7.98. The van der Waals surface area contributed by atoms with Gasteiger partial charge in [0.1, 0.15) is 11.8 Å². The fraction of sp³-hybridized carbons (Fsp3) is 0.350. The molecule has 12 heteroatoms. The molecule has 0 bridgehead atoms. The van der Waals surface area contributed by atoms with E-state index < -0.39 is 34.9 Å². The number of carbonyl (C=O) groups excluding carboxylic acids is 3. The molecule has 0 aliphatic heterocycles. The van der Waals surface area contributed by atoms with Gasteiger partial charge in [-0.1, -0.05) is 11.6 Å². The fourth-order valence-electron chi connectivity index (χ4n) is 2.56. The van der Waals surface area contributed by atoms with Gasteiger partial charge in [0.05, 0.1) is 28.3 Å². The van der Waals surface area contributed by atoms with Crippen LogP contribution in [0, 0.1) is 10.1 Å². The molecule has 0 fully saturated rings. The number of halogens is 1. The third-order valence-corrected chi connectivity index (χ3v) is 5.24. The number of nitro benzene ring substituents is 1. The molecule has 2 amide bonds. The van der Waals surface area contributed by atoms with Crippen molar-refractivity contribution in [1.82, 2.24) is 10.6 Å². The third kappa shape index (κ3) is 7.27. The number of nitro groups is 1. The number of ether oxygens (including phenoxy) is 1. The van der Waals surface area contributed by atoms with Crippen LogP contribution in [0.2, 0.25) is 5.02 Å². The monoisotopic (exact) mass is 483 g/mol. The van der Waals surface area contributed by atoms with Crippen LogP contribution in [0.4, 0.5) is 5.69 Å². The number of thioether (sulfide) groups is 1. The molecule has 0 unspecified atom stereocenters. The number of hydrogen-bond acceptors (Lipinski definition) is 8. The highest BCUT2D eigenvalue weighted by atomic mass is 35.5. The summed E-state index contributed by atoms with van der Waals surface area (Å²) < 4.78 is 10.4. The second-order valence-electron chi connectivity index (χ2n) is 6.61. The number of esters is 1. The Labute approximate surface area is 193 Å². The van der Waals surface area contributed by atoms with E-state index in [2.05, 4.69) is 10.6 Å². The van der Waals surface area contributed by atoms with E-state index in [0.29, 0.717) is 11.5 Å². The summed E-state index contributed by atoms with van der Waals surface area (Å²) in [5.74, 6) is -0.924. The summed E-state index contributed by atoms with van der Waals surface area (Å²) in [5, 5.41) is 15.8. The number of non-ortho nitro benzene ring substituents is 1. The Bertz CT molecular complexity index is 968. The average molecular weight is 484 g/mol. The van der Waals surface area contributed by atoms with Crippen LogP contribution in [0.5, 0.6) is 0 Å². The summed E-state index contributed by atoms with van der Waals surface area (Å²) in [6.07, 6.45) is 2.45. The van der Waals surface area contributed by atoms with Gasteiger partial charge in [0.2, 0.25) is 0 Å². The number of amides is 2. The highest BCUT2D eigenvalue weighted by Gasteiger charge is 2.27. The third-order valence-electron chi connectivity index (χ3n) is 4.29. The topological polar surface area (TPSA) is 141 Å². The normalized spacial score (nSPS) is 12.5. The molecule has 1 aromatic carbocycles. The van der Waals surface area contributed by atoms with Crippen LogP contribution in [0.25, 0.3) is 0 Å². The fourth-order valence-corrected chi connectivity index (χ4v) is 3.30. The van der Waals surface area contributed by atoms with E-state index >= 15 is 0 Å². The van der Waals surface area contributed by atoms with Gasteiger partial charge < -0.3 is 19.8 Å². The molecule has 2 rings (SSSR count). The summed E-state index contributed by atoms with van der Waals surface area (Å²) >= 11 is 7.45. The molecule has 172 valence electrons. The summed E-state index contributed by atoms with van der Waals surface area (Å²) in [6, 6.07) is 5.73. The molecule has 0 saturated carbocycles. The molecular formula is C20H22ClN3O7S. The standard InChI is InChI=1S/C20H22ClN3O7S/c1-12(18(25)22-11-14-4-3-8-30-14)31-20(27)17(7-9-32-2)23-19(26)15-6-5-13(24(28)29)10-16(15)21/h3-6,8,10,12,17H,7,9,11H2,1-2H3,(H,22,25)(H,23,26)/t12-,17+/m1/s1. The Hall–Kier alpha value is -3.05. The van der Waals surface area contributed by atoms with Gasteiger partial charge in [-0.3, -0.25) is 19.7 Å². The van der Waals surface area contributed by atoms with E-state index in [-0.39, 0.29) is 29.2 Å². The van der Waals surface area contributed by atoms with Gasteiger partial charge >= 0.3 is 5.97 Å². The second kappa shape index (κ2) is 12.1. The summed E-state index contributed by atoms with van der Waals surface area (Å²) in [4.78, 5) is 47.6. The van der Waals surface area contributed by atoms with Crippen molar-refractivity contribution in [2.24, 2.45) is 0 Å². The minimum absolute atomic E-state index is 0.0246. The van der Waals surface area contributed by atoms with E-state index in [4.69, 9.17) is 20.8 Å². The summed E-state index contributed by atoms with van der Waals surface area (Å²) in [5.41, 5.74) is -0.289.